The van der Waals surface area contributed by atoms with E-state index in [4.69, 9.17) is 0 Å². The fourth-order valence-electron chi connectivity index (χ4n) is 4.25. The Balaban J connectivity index is 1.83. The van der Waals surface area contributed by atoms with Crippen molar-refractivity contribution < 1.29 is 0 Å². The minimum atomic E-state index is 0.470. The molecule has 1 spiro atoms. The monoisotopic (exact) mass is 193 g/mol. The fourth-order valence-corrected chi connectivity index (χ4v) is 4.25. The zero-order valence-corrected chi connectivity index (χ0v) is 10.1. The van der Waals surface area contributed by atoms with E-state index in [9.17, 15) is 0 Å². The lowest BCUT2D eigenvalue weighted by Crippen LogP contribution is -2.45. The van der Waals surface area contributed by atoms with E-state index in [-0.39, 0.29) is 0 Å². The average molecular weight is 193 g/mol. The predicted molar refractivity (Wildman–Crippen MR) is 59.3 cm³/mol. The predicted octanol–water partition coefficient (Wildman–Crippen LogP) is 3.19. The highest BCUT2D eigenvalue weighted by Crippen LogP contribution is 2.71. The maximum atomic E-state index is 2.83. The van der Waals surface area contributed by atoms with Crippen LogP contribution in [0.15, 0.2) is 0 Å². The molecule has 1 nitrogen and oxygen atoms in total. The molecule has 0 aromatic carbocycles. The van der Waals surface area contributed by atoms with Crippen molar-refractivity contribution >= 4 is 0 Å². The molecule has 1 aliphatic heterocycles. The van der Waals surface area contributed by atoms with Crippen LogP contribution in [0.5, 0.6) is 0 Å². The van der Waals surface area contributed by atoms with Crippen molar-refractivity contribution in [2.24, 2.45) is 5.92 Å². The summed E-state index contributed by atoms with van der Waals surface area (Å²) in [5.41, 5.74) is 1.62. The van der Waals surface area contributed by atoms with Crippen molar-refractivity contribution in [1.82, 2.24) is 4.90 Å². The molecule has 2 saturated carbocycles. The van der Waals surface area contributed by atoms with Gasteiger partial charge in [0.15, 0.2) is 0 Å². The van der Waals surface area contributed by atoms with Crippen molar-refractivity contribution in [3.63, 3.8) is 0 Å². The van der Waals surface area contributed by atoms with Gasteiger partial charge in [-0.05, 0) is 59.3 Å². The van der Waals surface area contributed by atoms with Crippen molar-refractivity contribution in [3.05, 3.63) is 0 Å². The number of nitrogens with zero attached hydrogens (tertiary/aromatic N) is 1. The van der Waals surface area contributed by atoms with Crippen LogP contribution in [0, 0.1) is 5.92 Å². The Morgan fingerprint density at radius 2 is 1.71 bits per heavy atom. The molecular weight excluding hydrogens is 170 g/mol. The summed E-state index contributed by atoms with van der Waals surface area (Å²) in [5, 5.41) is 0. The topological polar surface area (TPSA) is 3.01 Å². The normalized spacial score (nSPS) is 38.1. The lowest BCUT2D eigenvalue weighted by Gasteiger charge is -2.43. The summed E-state index contributed by atoms with van der Waals surface area (Å²) in [5.74, 6) is 0.974. The highest BCUT2D eigenvalue weighted by atomic mass is 15.5. The van der Waals surface area contributed by atoms with E-state index >= 15 is 0 Å². The van der Waals surface area contributed by atoms with Gasteiger partial charge in [-0.3, -0.25) is 4.90 Å². The van der Waals surface area contributed by atoms with E-state index in [0.717, 1.165) is 5.92 Å². The maximum Gasteiger partial charge on any atom is 0.0401 e. The molecule has 80 valence electrons. The Bertz CT molecular complexity index is 265. The molecule has 0 aromatic heterocycles. The van der Waals surface area contributed by atoms with Gasteiger partial charge in [0.05, 0.1) is 0 Å². The van der Waals surface area contributed by atoms with Gasteiger partial charge in [0, 0.05) is 16.6 Å². The molecule has 1 heterocycles. The smallest absolute Gasteiger partial charge is 0.0401 e. The third-order valence-electron chi connectivity index (χ3n) is 5.48. The third-order valence-corrected chi connectivity index (χ3v) is 5.48. The summed E-state index contributed by atoms with van der Waals surface area (Å²) < 4.78 is 0. The lowest BCUT2D eigenvalue weighted by atomic mass is 9.72. The number of rotatable bonds is 2. The summed E-state index contributed by atoms with van der Waals surface area (Å²) in [6, 6.07) is 0. The lowest BCUT2D eigenvalue weighted by molar-refractivity contribution is 0.0787. The van der Waals surface area contributed by atoms with Gasteiger partial charge < -0.3 is 0 Å². The van der Waals surface area contributed by atoms with Crippen molar-refractivity contribution in [2.45, 2.75) is 76.4 Å². The van der Waals surface area contributed by atoms with Crippen LogP contribution in [0.1, 0.15) is 59.8 Å². The first kappa shape index (κ1) is 9.21. The van der Waals surface area contributed by atoms with Crippen LogP contribution in [0.4, 0.5) is 0 Å². The number of hydrogen-bond acceptors (Lipinski definition) is 1. The van der Waals surface area contributed by atoms with Gasteiger partial charge >= 0.3 is 0 Å². The molecule has 0 N–H and O–H groups in total. The molecule has 3 aliphatic rings. The molecule has 0 bridgehead atoms. The minimum Gasteiger partial charge on any atom is -0.283 e. The third kappa shape index (κ3) is 0.816. The molecule has 1 atom stereocenters. The highest BCUT2D eigenvalue weighted by molar-refractivity contribution is 5.36. The van der Waals surface area contributed by atoms with Crippen LogP contribution in [-0.2, 0) is 0 Å². The van der Waals surface area contributed by atoms with E-state index in [1.54, 1.807) is 0 Å². The van der Waals surface area contributed by atoms with Crippen LogP contribution >= 0.6 is 0 Å². The van der Waals surface area contributed by atoms with Gasteiger partial charge in [-0.15, -0.1) is 0 Å². The van der Waals surface area contributed by atoms with Crippen LogP contribution in [0.3, 0.4) is 0 Å². The molecule has 2 aliphatic carbocycles. The van der Waals surface area contributed by atoms with E-state index in [1.165, 1.54) is 32.1 Å². The second-order valence-corrected chi connectivity index (χ2v) is 6.71. The van der Waals surface area contributed by atoms with Crippen molar-refractivity contribution in [2.75, 3.05) is 0 Å². The summed E-state index contributed by atoms with van der Waals surface area (Å²) in [6.45, 7) is 9.85. The van der Waals surface area contributed by atoms with Gasteiger partial charge in [0.1, 0.15) is 0 Å². The maximum absolute atomic E-state index is 2.83. The minimum absolute atomic E-state index is 0.470. The van der Waals surface area contributed by atoms with E-state index < -0.39 is 0 Å². The molecule has 1 saturated heterocycles. The van der Waals surface area contributed by atoms with E-state index in [2.05, 4.69) is 32.6 Å². The summed E-state index contributed by atoms with van der Waals surface area (Å²) in [6.07, 6.45) is 7.31. The fraction of sp³-hybridized carbons (Fsp3) is 1.00. The molecule has 0 aromatic rings. The first-order valence-electron chi connectivity index (χ1n) is 6.23. The summed E-state index contributed by atoms with van der Waals surface area (Å²) in [7, 11) is 0. The van der Waals surface area contributed by atoms with Gasteiger partial charge in [-0.1, -0.05) is 6.42 Å². The number of hydrogen-bond donors (Lipinski definition) is 0. The van der Waals surface area contributed by atoms with Gasteiger partial charge in [0.25, 0.3) is 0 Å². The zero-order chi connectivity index (χ0) is 10.2. The summed E-state index contributed by atoms with van der Waals surface area (Å²) in [4.78, 5) is 2.83. The first-order valence-corrected chi connectivity index (χ1v) is 6.23. The quantitative estimate of drug-likeness (QED) is 0.609. The molecule has 0 amide bonds. The van der Waals surface area contributed by atoms with E-state index in [1.807, 2.05) is 0 Å². The Kier molecular flexibility index (Phi) is 1.45. The Morgan fingerprint density at radius 3 is 2.00 bits per heavy atom. The molecule has 3 fully saturated rings. The Labute approximate surface area is 87.9 Å². The average Bonchev–Trinajstić information content (AvgIpc) is 2.68. The Hall–Kier alpha value is -0.0400. The van der Waals surface area contributed by atoms with Crippen LogP contribution in [0.25, 0.3) is 0 Å². The second-order valence-electron chi connectivity index (χ2n) is 6.71. The molecular formula is C13H23N. The van der Waals surface area contributed by atoms with Crippen LogP contribution < -0.4 is 0 Å². The highest BCUT2D eigenvalue weighted by Gasteiger charge is 2.79. The van der Waals surface area contributed by atoms with E-state index in [0.29, 0.717) is 16.6 Å². The van der Waals surface area contributed by atoms with Crippen molar-refractivity contribution in [3.8, 4) is 0 Å². The second kappa shape index (κ2) is 2.21. The zero-order valence-electron chi connectivity index (χ0n) is 10.1. The first-order chi connectivity index (χ1) is 6.43. The SMILES string of the molecule is CC(C)(C1CCC1)N1C(C)(C)C12CC2. The standard InChI is InChI=1S/C13H23N/c1-11(2,10-6-5-7-10)14-12(3,4)13(14)8-9-13/h10H,5-9H2,1-4H3. The van der Waals surface area contributed by atoms with Gasteiger partial charge in [-0.2, -0.15) is 0 Å². The molecule has 1 unspecified atom stereocenters. The van der Waals surface area contributed by atoms with Crippen molar-refractivity contribution in [1.29, 1.82) is 0 Å². The van der Waals surface area contributed by atoms with Gasteiger partial charge in [-0.25, -0.2) is 0 Å². The molecule has 14 heavy (non-hydrogen) atoms. The van der Waals surface area contributed by atoms with Gasteiger partial charge in [0.2, 0.25) is 0 Å². The molecule has 3 rings (SSSR count). The molecule has 1 heteroatoms. The molecule has 0 radical (unpaired) electrons. The largest absolute Gasteiger partial charge is 0.283 e. The van der Waals surface area contributed by atoms with Crippen LogP contribution in [-0.4, -0.2) is 21.5 Å². The Morgan fingerprint density at radius 1 is 1.14 bits per heavy atom. The van der Waals surface area contributed by atoms with Crippen LogP contribution in [0.2, 0.25) is 0 Å². The summed E-state index contributed by atoms with van der Waals surface area (Å²) >= 11 is 0.